The molecule has 1 heterocycles. The lowest BCUT2D eigenvalue weighted by Gasteiger charge is -2.34. The van der Waals surface area contributed by atoms with Crippen LogP contribution in [0.4, 0.5) is 0 Å². The molecule has 122 valence electrons. The predicted molar refractivity (Wildman–Crippen MR) is 91.3 cm³/mol. The fourth-order valence-corrected chi connectivity index (χ4v) is 3.27. The second-order valence-corrected chi connectivity index (χ2v) is 6.85. The molecule has 0 bridgehead atoms. The molecule has 22 heavy (non-hydrogen) atoms. The van der Waals surface area contributed by atoms with Crippen LogP contribution in [0.5, 0.6) is 5.75 Å². The maximum atomic E-state index is 5.83. The summed E-state index contributed by atoms with van der Waals surface area (Å²) in [7, 11) is 0. The summed E-state index contributed by atoms with van der Waals surface area (Å²) < 4.78 is 5.83. The molecular weight excluding hydrogens is 272 g/mol. The average Bonchev–Trinajstić information content (AvgIpc) is 3.39. The molecule has 0 spiro atoms. The van der Waals surface area contributed by atoms with Gasteiger partial charge in [0.15, 0.2) is 0 Å². The Labute approximate surface area is 135 Å². The van der Waals surface area contributed by atoms with Crippen LogP contribution in [0.3, 0.4) is 0 Å². The van der Waals surface area contributed by atoms with Gasteiger partial charge in [-0.25, -0.2) is 0 Å². The van der Waals surface area contributed by atoms with Crippen molar-refractivity contribution in [1.29, 1.82) is 0 Å². The molecule has 1 saturated carbocycles. The van der Waals surface area contributed by atoms with Gasteiger partial charge in [-0.1, -0.05) is 19.1 Å². The van der Waals surface area contributed by atoms with Crippen LogP contribution >= 0.6 is 0 Å². The van der Waals surface area contributed by atoms with Crippen molar-refractivity contribution in [2.24, 2.45) is 5.92 Å². The molecule has 2 aliphatic rings. The largest absolute Gasteiger partial charge is 0.493 e. The highest BCUT2D eigenvalue weighted by Gasteiger charge is 2.22. The Hall–Kier alpha value is -1.06. The Balaban J connectivity index is 1.54. The van der Waals surface area contributed by atoms with Gasteiger partial charge in [0.1, 0.15) is 5.75 Å². The van der Waals surface area contributed by atoms with Gasteiger partial charge in [0, 0.05) is 12.6 Å². The third-order valence-corrected chi connectivity index (χ3v) is 4.83. The Morgan fingerprint density at radius 2 is 1.82 bits per heavy atom. The van der Waals surface area contributed by atoms with E-state index in [0.29, 0.717) is 0 Å². The molecule has 0 amide bonds. The zero-order valence-corrected chi connectivity index (χ0v) is 13.9. The summed E-state index contributed by atoms with van der Waals surface area (Å²) in [6.45, 7) is 7.78. The van der Waals surface area contributed by atoms with E-state index in [1.165, 1.54) is 57.3 Å². The Bertz CT molecular complexity index is 435. The molecule has 1 N–H and O–H groups in total. The molecule has 3 nitrogen and oxygen atoms in total. The van der Waals surface area contributed by atoms with Crippen molar-refractivity contribution in [3.8, 4) is 5.75 Å². The first-order valence-corrected chi connectivity index (χ1v) is 9.01. The van der Waals surface area contributed by atoms with Crippen LogP contribution in [-0.4, -0.2) is 37.2 Å². The van der Waals surface area contributed by atoms with E-state index < -0.39 is 0 Å². The van der Waals surface area contributed by atoms with Gasteiger partial charge in [-0.2, -0.15) is 0 Å². The number of nitrogens with zero attached hydrogens (tertiary/aromatic N) is 1. The van der Waals surface area contributed by atoms with E-state index in [4.69, 9.17) is 4.74 Å². The summed E-state index contributed by atoms with van der Waals surface area (Å²) in [5, 5.41) is 3.47. The van der Waals surface area contributed by atoms with Crippen molar-refractivity contribution in [3.05, 3.63) is 29.8 Å². The number of ether oxygens (including phenoxy) is 1. The van der Waals surface area contributed by atoms with Gasteiger partial charge in [-0.15, -0.1) is 0 Å². The third-order valence-electron chi connectivity index (χ3n) is 4.83. The maximum absolute atomic E-state index is 5.83. The Morgan fingerprint density at radius 1 is 1.09 bits per heavy atom. The average molecular weight is 302 g/mol. The molecule has 1 aliphatic heterocycles. The molecule has 3 rings (SSSR count). The van der Waals surface area contributed by atoms with E-state index in [9.17, 15) is 0 Å². The Morgan fingerprint density at radius 3 is 2.45 bits per heavy atom. The van der Waals surface area contributed by atoms with Crippen molar-refractivity contribution in [2.75, 3.05) is 26.2 Å². The highest BCUT2D eigenvalue weighted by atomic mass is 16.5. The molecular formula is C19H30N2O. The summed E-state index contributed by atoms with van der Waals surface area (Å²) in [4.78, 5) is 2.67. The van der Waals surface area contributed by atoms with E-state index in [-0.39, 0.29) is 0 Å². The monoisotopic (exact) mass is 302 g/mol. The number of hydrogen-bond donors (Lipinski definition) is 1. The minimum absolute atomic E-state index is 0.743. The van der Waals surface area contributed by atoms with E-state index in [0.717, 1.165) is 30.9 Å². The quantitative estimate of drug-likeness (QED) is 0.796. The van der Waals surface area contributed by atoms with Crippen molar-refractivity contribution < 1.29 is 4.74 Å². The van der Waals surface area contributed by atoms with Gasteiger partial charge in [0.25, 0.3) is 0 Å². The first-order chi connectivity index (χ1) is 10.8. The Kier molecular flexibility index (Phi) is 5.74. The van der Waals surface area contributed by atoms with Crippen LogP contribution in [-0.2, 0) is 6.54 Å². The molecule has 0 aromatic heterocycles. The fraction of sp³-hybridized carbons (Fsp3) is 0.684. The molecule has 1 aromatic rings. The first kappa shape index (κ1) is 15.8. The SMILES string of the molecule is CCCN(Cc1ccc(OCC2CC2)cc1)C1CCNCC1. The summed E-state index contributed by atoms with van der Waals surface area (Å²) in [6, 6.07) is 9.51. The van der Waals surface area contributed by atoms with E-state index >= 15 is 0 Å². The minimum Gasteiger partial charge on any atom is -0.493 e. The van der Waals surface area contributed by atoms with E-state index in [1.54, 1.807) is 0 Å². The van der Waals surface area contributed by atoms with Crippen molar-refractivity contribution in [1.82, 2.24) is 10.2 Å². The van der Waals surface area contributed by atoms with Gasteiger partial charge in [-0.05, 0) is 75.4 Å². The van der Waals surface area contributed by atoms with Crippen molar-refractivity contribution >= 4 is 0 Å². The summed E-state index contributed by atoms with van der Waals surface area (Å²) in [5.41, 5.74) is 1.41. The van der Waals surface area contributed by atoms with Crippen LogP contribution < -0.4 is 10.1 Å². The van der Waals surface area contributed by atoms with Gasteiger partial charge in [-0.3, -0.25) is 4.90 Å². The maximum Gasteiger partial charge on any atom is 0.119 e. The van der Waals surface area contributed by atoms with Crippen LogP contribution in [0, 0.1) is 5.92 Å². The topological polar surface area (TPSA) is 24.5 Å². The van der Waals surface area contributed by atoms with Crippen molar-refractivity contribution in [2.45, 2.75) is 51.6 Å². The first-order valence-electron chi connectivity index (χ1n) is 9.01. The van der Waals surface area contributed by atoms with Crippen molar-refractivity contribution in [3.63, 3.8) is 0 Å². The van der Waals surface area contributed by atoms with E-state index in [2.05, 4.69) is 41.4 Å². The molecule has 0 unspecified atom stereocenters. The van der Waals surface area contributed by atoms with Crippen LogP contribution in [0.1, 0.15) is 44.6 Å². The molecule has 1 aliphatic carbocycles. The zero-order valence-electron chi connectivity index (χ0n) is 13.9. The third kappa shape index (κ3) is 4.72. The van der Waals surface area contributed by atoms with Gasteiger partial charge in [0.2, 0.25) is 0 Å². The summed E-state index contributed by atoms with van der Waals surface area (Å²) in [6.07, 6.45) is 6.48. The standard InChI is InChI=1S/C19H30N2O/c1-2-13-21(18-9-11-20-12-10-18)14-16-5-7-19(8-6-16)22-15-17-3-4-17/h5-8,17-18,20H,2-4,9-15H2,1H3. The second kappa shape index (κ2) is 7.98. The normalized spacial score (nSPS) is 19.5. The lowest BCUT2D eigenvalue weighted by atomic mass is 10.0. The summed E-state index contributed by atoms with van der Waals surface area (Å²) >= 11 is 0. The second-order valence-electron chi connectivity index (χ2n) is 6.85. The number of piperidine rings is 1. The molecule has 1 aromatic carbocycles. The molecule has 2 fully saturated rings. The molecule has 0 radical (unpaired) electrons. The highest BCUT2D eigenvalue weighted by molar-refractivity contribution is 5.27. The zero-order chi connectivity index (χ0) is 15.2. The fourth-order valence-electron chi connectivity index (χ4n) is 3.27. The van der Waals surface area contributed by atoms with Crippen LogP contribution in [0.2, 0.25) is 0 Å². The summed E-state index contributed by atoms with van der Waals surface area (Å²) in [5.74, 6) is 1.85. The highest BCUT2D eigenvalue weighted by Crippen LogP contribution is 2.29. The molecule has 3 heteroatoms. The van der Waals surface area contributed by atoms with Gasteiger partial charge < -0.3 is 10.1 Å². The lowest BCUT2D eigenvalue weighted by Crippen LogP contribution is -2.43. The predicted octanol–water partition coefficient (Wildman–Crippen LogP) is 3.44. The smallest absolute Gasteiger partial charge is 0.119 e. The lowest BCUT2D eigenvalue weighted by molar-refractivity contribution is 0.154. The van der Waals surface area contributed by atoms with E-state index in [1.807, 2.05) is 0 Å². The number of hydrogen-bond acceptors (Lipinski definition) is 3. The number of nitrogens with one attached hydrogen (secondary N) is 1. The van der Waals surface area contributed by atoms with Crippen LogP contribution in [0.15, 0.2) is 24.3 Å². The minimum atomic E-state index is 0.743. The number of rotatable bonds is 8. The molecule has 0 atom stereocenters. The van der Waals surface area contributed by atoms with Crippen LogP contribution in [0.25, 0.3) is 0 Å². The number of benzene rings is 1. The molecule has 1 saturated heterocycles. The van der Waals surface area contributed by atoms with Gasteiger partial charge >= 0.3 is 0 Å². The van der Waals surface area contributed by atoms with Gasteiger partial charge in [0.05, 0.1) is 6.61 Å².